The van der Waals surface area contributed by atoms with Crippen molar-refractivity contribution in [2.75, 3.05) is 13.1 Å². The van der Waals surface area contributed by atoms with E-state index in [9.17, 15) is 4.79 Å². The lowest BCUT2D eigenvalue weighted by molar-refractivity contribution is -0.128. The van der Waals surface area contributed by atoms with E-state index in [1.54, 1.807) is 0 Å². The summed E-state index contributed by atoms with van der Waals surface area (Å²) in [6.45, 7) is 5.21. The first kappa shape index (κ1) is 20.0. The van der Waals surface area contributed by atoms with Crippen molar-refractivity contribution in [1.82, 2.24) is 15.2 Å². The van der Waals surface area contributed by atoms with Crippen LogP contribution < -0.4 is 16.8 Å². The number of aliphatic imine (C=N–C) groups is 2. The smallest absolute Gasteiger partial charge is 0.251 e. The van der Waals surface area contributed by atoms with Gasteiger partial charge in [-0.25, -0.2) is 0 Å². The van der Waals surface area contributed by atoms with Gasteiger partial charge in [-0.1, -0.05) is 38.5 Å². The molecule has 1 saturated heterocycles. The topological polar surface area (TPSA) is 125 Å². The van der Waals surface area contributed by atoms with E-state index in [0.29, 0.717) is 19.5 Å². The maximum absolute atomic E-state index is 13.2. The number of nitrogens with zero attached hydrogens (tertiary/aromatic N) is 3. The number of amides is 1. The van der Waals surface area contributed by atoms with Crippen LogP contribution in [0.25, 0.3) is 10.9 Å². The zero-order chi connectivity index (χ0) is 21.3. The Morgan fingerprint density at radius 2 is 2.17 bits per heavy atom. The highest BCUT2D eigenvalue weighted by Crippen LogP contribution is 2.31. The number of H-pyrrole nitrogens is 1. The molecule has 30 heavy (non-hydrogen) atoms. The molecule has 0 radical (unpaired) electrons. The standard InChI is InChI=1S/C22H29N7O/c1-3-13(2)19-21(30)29-12-18(15-11-26-16-8-5-4-7-14(15)16)27-17(20(29)28-19)9-6-10-25-22(23)24/h4-5,7-8,11,13,19,26,28H,3,6,9-10,12H2,1-2H3,(H4,23,24,25)/t13-,19?/m1/s1. The van der Waals surface area contributed by atoms with Gasteiger partial charge in [-0.3, -0.25) is 19.7 Å². The molecule has 158 valence electrons. The Morgan fingerprint density at radius 3 is 2.93 bits per heavy atom. The number of hydrogen-bond donors (Lipinski definition) is 4. The van der Waals surface area contributed by atoms with E-state index in [4.69, 9.17) is 16.5 Å². The monoisotopic (exact) mass is 407 g/mol. The number of carbonyl (C=O) groups is 1. The van der Waals surface area contributed by atoms with Crippen LogP contribution in [-0.4, -0.2) is 46.6 Å². The number of guanidine groups is 1. The largest absolute Gasteiger partial charge is 0.370 e. The molecular weight excluding hydrogens is 378 g/mol. The molecule has 0 saturated carbocycles. The van der Waals surface area contributed by atoms with Gasteiger partial charge in [0.05, 0.1) is 18.0 Å². The summed E-state index contributed by atoms with van der Waals surface area (Å²) in [5, 5.41) is 4.56. The van der Waals surface area contributed by atoms with E-state index in [-0.39, 0.29) is 23.8 Å². The van der Waals surface area contributed by atoms with Crippen LogP contribution in [0.3, 0.4) is 0 Å². The van der Waals surface area contributed by atoms with Gasteiger partial charge in [0.1, 0.15) is 11.9 Å². The maximum atomic E-state index is 13.2. The first-order chi connectivity index (χ1) is 14.5. The maximum Gasteiger partial charge on any atom is 0.251 e. The van der Waals surface area contributed by atoms with Crippen molar-refractivity contribution in [3.63, 3.8) is 0 Å². The lowest BCUT2D eigenvalue weighted by atomic mass is 9.99. The SMILES string of the molecule is CC[C@@H](C)C1NC2=C(CCCN=C(N)N)N=C(c3c[nH]c4ccccc34)CN2C1=O. The fourth-order valence-corrected chi connectivity index (χ4v) is 4.07. The number of aromatic nitrogens is 1. The van der Waals surface area contributed by atoms with E-state index >= 15 is 0 Å². The third kappa shape index (κ3) is 3.65. The van der Waals surface area contributed by atoms with Crippen LogP contribution in [0, 0.1) is 5.92 Å². The van der Waals surface area contributed by atoms with Crippen LogP contribution >= 0.6 is 0 Å². The second-order valence-corrected chi connectivity index (χ2v) is 7.94. The fourth-order valence-electron chi connectivity index (χ4n) is 4.07. The van der Waals surface area contributed by atoms with Gasteiger partial charge >= 0.3 is 0 Å². The van der Waals surface area contributed by atoms with Crippen molar-refractivity contribution >= 4 is 28.5 Å². The number of benzene rings is 1. The molecule has 1 fully saturated rings. The molecule has 2 aromatic rings. The highest BCUT2D eigenvalue weighted by molar-refractivity contribution is 6.13. The molecule has 1 unspecified atom stereocenters. The second kappa shape index (κ2) is 8.22. The number of allylic oxidation sites excluding steroid dienone is 1. The first-order valence-electron chi connectivity index (χ1n) is 10.5. The minimum atomic E-state index is -0.213. The van der Waals surface area contributed by atoms with Crippen molar-refractivity contribution in [2.24, 2.45) is 27.4 Å². The number of hydrogen-bond acceptors (Lipinski definition) is 4. The second-order valence-electron chi connectivity index (χ2n) is 7.94. The minimum absolute atomic E-state index is 0.0897. The van der Waals surface area contributed by atoms with Crippen LogP contribution in [0.1, 0.15) is 38.7 Å². The van der Waals surface area contributed by atoms with Crippen molar-refractivity contribution in [2.45, 2.75) is 39.2 Å². The summed E-state index contributed by atoms with van der Waals surface area (Å²) in [6, 6.07) is 7.93. The van der Waals surface area contributed by atoms with Gasteiger partial charge in [0.2, 0.25) is 0 Å². The van der Waals surface area contributed by atoms with Gasteiger partial charge < -0.3 is 21.8 Å². The Labute approximate surface area is 176 Å². The van der Waals surface area contributed by atoms with E-state index < -0.39 is 0 Å². The number of aromatic amines is 1. The van der Waals surface area contributed by atoms with Crippen LogP contribution in [0.2, 0.25) is 0 Å². The van der Waals surface area contributed by atoms with Gasteiger partial charge in [0.25, 0.3) is 5.91 Å². The fraction of sp³-hybridized carbons (Fsp3) is 0.409. The molecule has 4 rings (SSSR count). The van der Waals surface area contributed by atoms with Gasteiger partial charge in [-0.05, 0) is 24.8 Å². The van der Waals surface area contributed by atoms with Crippen LogP contribution in [0.5, 0.6) is 0 Å². The number of nitrogens with one attached hydrogen (secondary N) is 2. The molecule has 3 heterocycles. The molecule has 1 aromatic heterocycles. The van der Waals surface area contributed by atoms with Crippen LogP contribution in [0.4, 0.5) is 0 Å². The third-order valence-corrected chi connectivity index (χ3v) is 5.92. The van der Waals surface area contributed by atoms with Gasteiger partial charge in [0.15, 0.2) is 5.96 Å². The molecule has 2 atom stereocenters. The quantitative estimate of drug-likeness (QED) is 0.318. The molecule has 2 aliphatic rings. The number of nitrogens with two attached hydrogens (primary N) is 2. The Morgan fingerprint density at radius 1 is 1.37 bits per heavy atom. The Balaban J connectivity index is 1.68. The molecule has 2 aliphatic heterocycles. The summed E-state index contributed by atoms with van der Waals surface area (Å²) in [7, 11) is 0. The van der Waals surface area contributed by atoms with E-state index in [0.717, 1.165) is 46.5 Å². The lowest BCUT2D eigenvalue weighted by Gasteiger charge is -2.25. The molecule has 0 aliphatic carbocycles. The summed E-state index contributed by atoms with van der Waals surface area (Å²) < 4.78 is 0. The number of fused-ring (bicyclic) bond motifs is 2. The number of rotatable bonds is 7. The molecule has 8 heteroatoms. The van der Waals surface area contributed by atoms with E-state index in [2.05, 4.69) is 35.2 Å². The van der Waals surface area contributed by atoms with Crippen molar-refractivity contribution in [3.05, 3.63) is 47.5 Å². The summed E-state index contributed by atoms with van der Waals surface area (Å²) in [4.78, 5) is 27.4. The summed E-state index contributed by atoms with van der Waals surface area (Å²) >= 11 is 0. The van der Waals surface area contributed by atoms with Crippen molar-refractivity contribution in [1.29, 1.82) is 0 Å². The Hall–Kier alpha value is -3.29. The average molecular weight is 408 g/mol. The van der Waals surface area contributed by atoms with Crippen LogP contribution in [-0.2, 0) is 4.79 Å². The van der Waals surface area contributed by atoms with Gasteiger partial charge in [-0.15, -0.1) is 0 Å². The Kier molecular flexibility index (Phi) is 5.48. The van der Waals surface area contributed by atoms with E-state index in [1.165, 1.54) is 0 Å². The Bertz CT molecular complexity index is 1040. The zero-order valence-corrected chi connectivity index (χ0v) is 17.5. The predicted octanol–water partition coefficient (Wildman–Crippen LogP) is 2.04. The first-order valence-corrected chi connectivity index (χ1v) is 10.5. The van der Waals surface area contributed by atoms with Crippen LogP contribution in [0.15, 0.2) is 52.0 Å². The molecule has 1 amide bonds. The summed E-state index contributed by atoms with van der Waals surface area (Å²) in [6.07, 6.45) is 4.34. The summed E-state index contributed by atoms with van der Waals surface area (Å²) in [5.41, 5.74) is 14.8. The van der Waals surface area contributed by atoms with Crippen molar-refractivity contribution in [3.8, 4) is 0 Å². The highest BCUT2D eigenvalue weighted by atomic mass is 16.2. The molecule has 0 bridgehead atoms. The number of carbonyl (C=O) groups excluding carboxylic acids is 1. The molecule has 6 N–H and O–H groups in total. The highest BCUT2D eigenvalue weighted by Gasteiger charge is 2.41. The lowest BCUT2D eigenvalue weighted by Crippen LogP contribution is -2.38. The molecule has 0 spiro atoms. The molecular formula is C22H29N7O. The average Bonchev–Trinajstić information content (AvgIpc) is 3.32. The van der Waals surface area contributed by atoms with Gasteiger partial charge in [0, 0.05) is 29.2 Å². The molecule has 8 nitrogen and oxygen atoms in total. The van der Waals surface area contributed by atoms with E-state index in [1.807, 2.05) is 29.3 Å². The number of para-hydroxylation sites is 1. The minimum Gasteiger partial charge on any atom is -0.370 e. The predicted molar refractivity (Wildman–Crippen MR) is 120 cm³/mol. The zero-order valence-electron chi connectivity index (χ0n) is 17.5. The van der Waals surface area contributed by atoms with Gasteiger partial charge in [-0.2, -0.15) is 0 Å². The normalized spacial score (nSPS) is 19.5. The third-order valence-electron chi connectivity index (χ3n) is 5.92. The molecule has 1 aromatic carbocycles. The van der Waals surface area contributed by atoms with Crippen molar-refractivity contribution < 1.29 is 4.79 Å². The summed E-state index contributed by atoms with van der Waals surface area (Å²) in [5.74, 6) is 1.29.